The van der Waals surface area contributed by atoms with Crippen LogP contribution >= 0.6 is 0 Å². The van der Waals surface area contributed by atoms with Crippen molar-refractivity contribution >= 4 is 34.1 Å². The van der Waals surface area contributed by atoms with E-state index < -0.39 is 0 Å². The molecule has 2 amide bonds. The van der Waals surface area contributed by atoms with Gasteiger partial charge in [-0.15, -0.1) is 0 Å². The van der Waals surface area contributed by atoms with E-state index in [-0.39, 0.29) is 17.7 Å². The molecule has 2 aromatic carbocycles. The van der Waals surface area contributed by atoms with Crippen LogP contribution in [0, 0.1) is 11.8 Å². The average molecular weight is 453 g/mol. The van der Waals surface area contributed by atoms with Crippen molar-refractivity contribution in [1.29, 1.82) is 0 Å². The summed E-state index contributed by atoms with van der Waals surface area (Å²) in [6, 6.07) is 21.0. The number of benzene rings is 2. The number of aromatic amines is 1. The fourth-order valence-corrected chi connectivity index (χ4v) is 4.73. The summed E-state index contributed by atoms with van der Waals surface area (Å²) < 4.78 is 0. The van der Waals surface area contributed by atoms with Gasteiger partial charge in [0.05, 0.1) is 0 Å². The summed E-state index contributed by atoms with van der Waals surface area (Å²) in [5, 5.41) is 7.06. The maximum absolute atomic E-state index is 12.8. The van der Waals surface area contributed by atoms with Gasteiger partial charge in [0.1, 0.15) is 5.69 Å². The van der Waals surface area contributed by atoms with Crippen LogP contribution in [0.5, 0.6) is 0 Å². The van der Waals surface area contributed by atoms with Gasteiger partial charge in [-0.25, -0.2) is 0 Å². The van der Waals surface area contributed by atoms with Crippen molar-refractivity contribution in [3.63, 3.8) is 0 Å². The number of anilines is 2. The Kier molecular flexibility index (Phi) is 6.12. The molecule has 0 radical (unpaired) electrons. The van der Waals surface area contributed by atoms with Gasteiger partial charge in [-0.2, -0.15) is 0 Å². The molecule has 1 saturated carbocycles. The van der Waals surface area contributed by atoms with Crippen LogP contribution < -0.4 is 10.6 Å². The monoisotopic (exact) mass is 452 g/mol. The molecule has 0 spiro atoms. The van der Waals surface area contributed by atoms with E-state index in [0.29, 0.717) is 17.3 Å². The Morgan fingerprint density at radius 1 is 0.912 bits per heavy atom. The molecule has 4 aromatic rings. The van der Waals surface area contributed by atoms with Crippen molar-refractivity contribution in [3.05, 3.63) is 78.6 Å². The average Bonchev–Trinajstić information content (AvgIpc) is 3.29. The molecule has 0 bridgehead atoms. The molecule has 0 aliphatic heterocycles. The largest absolute Gasteiger partial charge is 0.354 e. The van der Waals surface area contributed by atoms with Crippen LogP contribution in [0.3, 0.4) is 0 Å². The second-order valence-electron chi connectivity index (χ2n) is 9.09. The summed E-state index contributed by atoms with van der Waals surface area (Å²) in [6.45, 7) is 2.18. The van der Waals surface area contributed by atoms with Gasteiger partial charge in [0.25, 0.3) is 5.91 Å². The molecule has 0 saturated heterocycles. The lowest BCUT2D eigenvalue weighted by Crippen LogP contribution is -2.30. The summed E-state index contributed by atoms with van der Waals surface area (Å²) in [6.07, 6.45) is 6.05. The quantitative estimate of drug-likeness (QED) is 0.335. The van der Waals surface area contributed by atoms with Crippen LogP contribution in [-0.4, -0.2) is 21.8 Å². The summed E-state index contributed by atoms with van der Waals surface area (Å²) in [5.41, 5.74) is 4.85. The molecule has 5 rings (SSSR count). The predicted molar refractivity (Wildman–Crippen MR) is 136 cm³/mol. The first-order valence-electron chi connectivity index (χ1n) is 11.8. The van der Waals surface area contributed by atoms with Gasteiger partial charge in [0.2, 0.25) is 5.91 Å². The molecule has 172 valence electrons. The molecule has 34 heavy (non-hydrogen) atoms. The third-order valence-corrected chi connectivity index (χ3v) is 6.69. The number of aromatic nitrogens is 2. The van der Waals surface area contributed by atoms with E-state index in [9.17, 15) is 9.59 Å². The molecule has 1 aliphatic rings. The van der Waals surface area contributed by atoms with Crippen molar-refractivity contribution < 1.29 is 9.59 Å². The van der Waals surface area contributed by atoms with Gasteiger partial charge >= 0.3 is 0 Å². The highest BCUT2D eigenvalue weighted by molar-refractivity contribution is 6.03. The zero-order valence-electron chi connectivity index (χ0n) is 19.2. The maximum atomic E-state index is 12.8. The predicted octanol–water partition coefficient (Wildman–Crippen LogP) is 6.25. The molecule has 1 aliphatic carbocycles. The number of hydrogen-bond acceptors (Lipinski definition) is 3. The number of fused-ring (bicyclic) bond motifs is 1. The molecule has 1 fully saturated rings. The fraction of sp³-hybridized carbons (Fsp3) is 0.250. The molecule has 2 aromatic heterocycles. The Balaban J connectivity index is 1.28. The first kappa shape index (κ1) is 21.9. The first-order chi connectivity index (χ1) is 16.6. The summed E-state index contributed by atoms with van der Waals surface area (Å²) in [5.74, 6) is 0.421. The zero-order chi connectivity index (χ0) is 23.5. The topological polar surface area (TPSA) is 86.9 Å². The van der Waals surface area contributed by atoms with Crippen molar-refractivity contribution in [1.82, 2.24) is 9.97 Å². The van der Waals surface area contributed by atoms with Crippen molar-refractivity contribution in [2.45, 2.75) is 32.6 Å². The summed E-state index contributed by atoms with van der Waals surface area (Å²) in [4.78, 5) is 32.6. The van der Waals surface area contributed by atoms with Gasteiger partial charge < -0.3 is 15.6 Å². The molecule has 2 heterocycles. The smallest absolute Gasteiger partial charge is 0.274 e. The van der Waals surface area contributed by atoms with E-state index >= 15 is 0 Å². The number of carbonyl (C=O) groups excluding carboxylic acids is 2. The van der Waals surface area contributed by atoms with Crippen molar-refractivity contribution in [2.75, 3.05) is 10.6 Å². The van der Waals surface area contributed by atoms with Crippen molar-refractivity contribution in [2.24, 2.45) is 11.8 Å². The van der Waals surface area contributed by atoms with Gasteiger partial charge in [-0.1, -0.05) is 44.0 Å². The molecule has 3 N–H and O–H groups in total. The summed E-state index contributed by atoms with van der Waals surface area (Å²) >= 11 is 0. The maximum Gasteiger partial charge on any atom is 0.274 e. The Hall–Kier alpha value is -3.93. The molecule has 2 atom stereocenters. The van der Waals surface area contributed by atoms with E-state index in [2.05, 4.69) is 33.6 Å². The van der Waals surface area contributed by atoms with E-state index in [4.69, 9.17) is 0 Å². The van der Waals surface area contributed by atoms with E-state index in [1.807, 2.05) is 42.5 Å². The lowest BCUT2D eigenvalue weighted by molar-refractivity contribution is -0.122. The van der Waals surface area contributed by atoms with Gasteiger partial charge in [-0.05, 0) is 66.8 Å². The minimum Gasteiger partial charge on any atom is -0.354 e. The second kappa shape index (κ2) is 9.51. The normalized spacial score (nSPS) is 17.9. The van der Waals surface area contributed by atoms with Gasteiger partial charge in [0, 0.05) is 40.1 Å². The van der Waals surface area contributed by atoms with Crippen molar-refractivity contribution in [3.8, 4) is 11.3 Å². The minimum atomic E-state index is -0.240. The Labute approximate surface area is 198 Å². The number of rotatable bonds is 5. The Morgan fingerprint density at radius 2 is 1.71 bits per heavy atom. The molecular formula is C28H28N4O2. The molecule has 2 unspecified atom stereocenters. The number of nitrogens with one attached hydrogen (secondary N) is 3. The lowest BCUT2D eigenvalue weighted by atomic mass is 9.80. The van der Waals surface area contributed by atoms with Gasteiger partial charge in [0.15, 0.2) is 0 Å². The SMILES string of the molecule is CC1CCCCC1C(=O)Nc1ccc2cc(-c3ccc(NC(=O)c4ccccn4)cc3)[nH]c2c1. The number of amides is 2. The van der Waals surface area contributed by atoms with E-state index in [1.54, 1.807) is 24.4 Å². The molecule has 6 nitrogen and oxygen atoms in total. The Bertz CT molecular complexity index is 1310. The van der Waals surface area contributed by atoms with Gasteiger partial charge in [-0.3, -0.25) is 14.6 Å². The molecular weight excluding hydrogens is 424 g/mol. The number of pyridine rings is 1. The zero-order valence-corrected chi connectivity index (χ0v) is 19.2. The third kappa shape index (κ3) is 4.71. The number of H-pyrrole nitrogens is 1. The summed E-state index contributed by atoms with van der Waals surface area (Å²) in [7, 11) is 0. The van der Waals surface area contributed by atoms with Crippen LogP contribution in [-0.2, 0) is 4.79 Å². The molecule has 6 heteroatoms. The van der Waals surface area contributed by atoms with Crippen LogP contribution in [0.15, 0.2) is 72.9 Å². The number of carbonyl (C=O) groups is 2. The third-order valence-electron chi connectivity index (χ3n) is 6.69. The number of nitrogens with zero attached hydrogens (tertiary/aromatic N) is 1. The van der Waals surface area contributed by atoms with Crippen LogP contribution in [0.4, 0.5) is 11.4 Å². The van der Waals surface area contributed by atoms with E-state index in [0.717, 1.165) is 47.1 Å². The standard InChI is InChI=1S/C28H28N4O2/c1-18-6-2-3-7-23(18)27(33)31-22-14-11-20-16-25(32-26(20)17-22)19-9-12-21(13-10-19)30-28(34)24-8-4-5-15-29-24/h4-5,8-18,23,32H,2-3,6-7H2,1H3,(H,30,34)(H,31,33). The second-order valence-corrected chi connectivity index (χ2v) is 9.09. The fourth-order valence-electron chi connectivity index (χ4n) is 4.73. The highest BCUT2D eigenvalue weighted by Crippen LogP contribution is 2.31. The van der Waals surface area contributed by atoms with Crippen LogP contribution in [0.1, 0.15) is 43.1 Å². The van der Waals surface area contributed by atoms with Crippen LogP contribution in [0.2, 0.25) is 0 Å². The Morgan fingerprint density at radius 3 is 2.47 bits per heavy atom. The first-order valence-corrected chi connectivity index (χ1v) is 11.8. The van der Waals surface area contributed by atoms with Crippen LogP contribution in [0.25, 0.3) is 22.2 Å². The van der Waals surface area contributed by atoms with E-state index in [1.165, 1.54) is 6.42 Å². The number of hydrogen-bond donors (Lipinski definition) is 3. The highest BCUT2D eigenvalue weighted by Gasteiger charge is 2.27. The minimum absolute atomic E-state index is 0.0975. The lowest BCUT2D eigenvalue weighted by Gasteiger charge is -2.27. The highest BCUT2D eigenvalue weighted by atomic mass is 16.2.